The average Bonchev–Trinajstić information content (AvgIpc) is 3.39. The van der Waals surface area contributed by atoms with Crippen molar-refractivity contribution in [3.8, 4) is 0 Å². The van der Waals surface area contributed by atoms with E-state index in [1.54, 1.807) is 26.8 Å². The third-order valence-electron chi connectivity index (χ3n) is 10.3. The quantitative estimate of drug-likeness (QED) is 0.428. The Hall–Kier alpha value is -2.98. The first-order valence-corrected chi connectivity index (χ1v) is 13.3. The van der Waals surface area contributed by atoms with E-state index in [9.17, 15) is 29.4 Å². The van der Waals surface area contributed by atoms with Crippen LogP contribution in [0.2, 0.25) is 0 Å². The molecule has 5 rings (SSSR count). The topological polar surface area (TPSA) is 150 Å². The second kappa shape index (κ2) is 8.76. The van der Waals surface area contributed by atoms with Gasteiger partial charge in [0.05, 0.1) is 31.3 Å². The molecule has 0 spiro atoms. The smallest absolute Gasteiger partial charge is 0.347 e. The van der Waals surface area contributed by atoms with Crippen molar-refractivity contribution in [3.05, 3.63) is 35.8 Å². The Morgan fingerprint density at radius 3 is 2.46 bits per heavy atom. The summed E-state index contributed by atoms with van der Waals surface area (Å²) in [7, 11) is 1.16. The van der Waals surface area contributed by atoms with Crippen molar-refractivity contribution in [1.82, 2.24) is 0 Å². The molecular formula is C29H36O10. The van der Waals surface area contributed by atoms with E-state index in [2.05, 4.69) is 0 Å². The van der Waals surface area contributed by atoms with Gasteiger partial charge in [-0.25, -0.2) is 9.59 Å². The molecule has 2 N–H and O–H groups in total. The summed E-state index contributed by atoms with van der Waals surface area (Å²) in [6.07, 6.45) is 1.53. The van der Waals surface area contributed by atoms with Gasteiger partial charge in [-0.1, -0.05) is 27.7 Å². The zero-order valence-electron chi connectivity index (χ0n) is 23.1. The number of cyclic esters (lactones) is 1. The largest absolute Gasteiger partial charge is 0.472 e. The van der Waals surface area contributed by atoms with E-state index in [4.69, 9.17) is 18.6 Å². The maximum atomic E-state index is 14.2. The van der Waals surface area contributed by atoms with Crippen LogP contribution in [0.4, 0.5) is 0 Å². The van der Waals surface area contributed by atoms with Gasteiger partial charge < -0.3 is 28.8 Å². The summed E-state index contributed by atoms with van der Waals surface area (Å²) in [4.78, 5) is 52.3. The van der Waals surface area contributed by atoms with Gasteiger partial charge in [0, 0.05) is 47.1 Å². The van der Waals surface area contributed by atoms with E-state index >= 15 is 0 Å². The van der Waals surface area contributed by atoms with Gasteiger partial charge in [0.15, 0.2) is 0 Å². The standard InChI is InChI=1S/C29H36O10/c1-14(30)38-20(25(34)36-6)21-26(2,3)22(32)16-12-29(35)17(28(21,5)23(16)33)7-9-27(4)18(29)11-19(31)39-24(27)15-8-10-37-13-15/h8,10-11,13,16-17,20-22,24,32,35H,7,9,12H2,1-6H3/t16-,17+,20-,21-,22+,24-,27+,28+,29+/m0/s1. The highest BCUT2D eigenvalue weighted by molar-refractivity contribution is 5.93. The molecule has 9 atom stereocenters. The van der Waals surface area contributed by atoms with Gasteiger partial charge >= 0.3 is 17.9 Å². The highest BCUT2D eigenvalue weighted by Gasteiger charge is 2.75. The van der Waals surface area contributed by atoms with Crippen molar-refractivity contribution in [2.75, 3.05) is 7.11 Å². The van der Waals surface area contributed by atoms with Crippen molar-refractivity contribution >= 4 is 23.7 Å². The Bertz CT molecular complexity index is 1250. The lowest BCUT2D eigenvalue weighted by atomic mass is 9.37. The zero-order valence-corrected chi connectivity index (χ0v) is 23.1. The number of aliphatic hydroxyl groups is 2. The number of furan rings is 1. The molecule has 212 valence electrons. The fraction of sp³-hybridized carbons (Fsp3) is 0.655. The summed E-state index contributed by atoms with van der Waals surface area (Å²) < 4.78 is 21.5. The molecule has 3 saturated carbocycles. The molecule has 4 aliphatic rings. The van der Waals surface area contributed by atoms with Crippen LogP contribution in [-0.4, -0.2) is 58.8 Å². The van der Waals surface area contributed by atoms with E-state index in [0.717, 1.165) is 14.0 Å². The lowest BCUT2D eigenvalue weighted by Crippen LogP contribution is -2.74. The molecule has 0 radical (unpaired) electrons. The average molecular weight is 545 g/mol. The number of ether oxygens (including phenoxy) is 3. The summed E-state index contributed by atoms with van der Waals surface area (Å²) in [5, 5.41) is 24.3. The van der Waals surface area contributed by atoms with Gasteiger partial charge in [0.25, 0.3) is 0 Å². The number of carbonyl (C=O) groups excluding carboxylic acids is 4. The lowest BCUT2D eigenvalue weighted by molar-refractivity contribution is -0.245. The van der Waals surface area contributed by atoms with Crippen LogP contribution in [-0.2, 0) is 33.4 Å². The molecule has 3 aliphatic carbocycles. The molecule has 0 aromatic carbocycles. The maximum Gasteiger partial charge on any atom is 0.347 e. The summed E-state index contributed by atoms with van der Waals surface area (Å²) >= 11 is 0. The molecule has 1 aliphatic heterocycles. The van der Waals surface area contributed by atoms with Crippen molar-refractivity contribution in [3.63, 3.8) is 0 Å². The van der Waals surface area contributed by atoms with Gasteiger partial charge in [-0.3, -0.25) is 9.59 Å². The van der Waals surface area contributed by atoms with Crippen LogP contribution in [0.15, 0.2) is 34.7 Å². The van der Waals surface area contributed by atoms with Gasteiger partial charge in [-0.05, 0) is 36.3 Å². The van der Waals surface area contributed by atoms with E-state index < -0.39 is 75.8 Å². The second-order valence-corrected chi connectivity index (χ2v) is 12.6. The normalized spacial score (nSPS) is 41.3. The predicted molar refractivity (Wildman–Crippen MR) is 133 cm³/mol. The molecule has 10 nitrogen and oxygen atoms in total. The van der Waals surface area contributed by atoms with E-state index in [1.807, 2.05) is 6.92 Å². The molecule has 0 saturated heterocycles. The number of ketones is 1. The summed E-state index contributed by atoms with van der Waals surface area (Å²) in [5.41, 5.74) is -3.91. The van der Waals surface area contributed by atoms with E-state index in [1.165, 1.54) is 18.6 Å². The van der Waals surface area contributed by atoms with Crippen molar-refractivity contribution in [1.29, 1.82) is 0 Å². The predicted octanol–water partition coefficient (Wildman–Crippen LogP) is 2.67. The first-order chi connectivity index (χ1) is 18.1. The Kier molecular flexibility index (Phi) is 6.20. The molecule has 0 amide bonds. The van der Waals surface area contributed by atoms with Gasteiger partial charge in [0.1, 0.15) is 11.9 Å². The van der Waals surface area contributed by atoms with Crippen LogP contribution >= 0.6 is 0 Å². The van der Waals surface area contributed by atoms with Crippen molar-refractivity contribution in [2.45, 2.75) is 77.8 Å². The highest BCUT2D eigenvalue weighted by Crippen LogP contribution is 2.70. The Morgan fingerprint density at radius 2 is 1.87 bits per heavy atom. The first kappa shape index (κ1) is 27.6. The Morgan fingerprint density at radius 1 is 1.18 bits per heavy atom. The number of methoxy groups -OCH3 is 1. The highest BCUT2D eigenvalue weighted by atomic mass is 16.6. The minimum absolute atomic E-state index is 0.0906. The summed E-state index contributed by atoms with van der Waals surface area (Å²) in [6.45, 7) is 8.24. The number of hydrogen-bond acceptors (Lipinski definition) is 10. The fourth-order valence-electron chi connectivity index (χ4n) is 8.72. The molecule has 1 aromatic rings. The summed E-state index contributed by atoms with van der Waals surface area (Å²) in [5.74, 6) is -5.27. The lowest BCUT2D eigenvalue weighted by Gasteiger charge is -2.68. The van der Waals surface area contributed by atoms with Crippen molar-refractivity contribution < 1.29 is 48.0 Å². The third-order valence-corrected chi connectivity index (χ3v) is 10.3. The fourth-order valence-corrected chi connectivity index (χ4v) is 8.72. The monoisotopic (exact) mass is 544 g/mol. The van der Waals surface area contributed by atoms with Crippen molar-refractivity contribution in [2.24, 2.45) is 34.0 Å². The number of aliphatic hydroxyl groups excluding tert-OH is 1. The maximum absolute atomic E-state index is 14.2. The SMILES string of the molecule is COC(=O)[C@@H](OC(C)=O)[C@H]1C(C)(C)[C@H](O)[C@@H]2C[C@]3(O)C4=CC(=O)O[C@@H](c5ccoc5)[C@]4(C)CC[C@@H]3[C@@]1(C)C2=O. The minimum Gasteiger partial charge on any atom is -0.472 e. The van der Waals surface area contributed by atoms with E-state index in [-0.39, 0.29) is 12.2 Å². The first-order valence-electron chi connectivity index (χ1n) is 13.3. The van der Waals surface area contributed by atoms with Crippen LogP contribution in [0, 0.1) is 34.0 Å². The molecule has 1 aromatic heterocycles. The number of Topliss-reactive ketones (excluding diaryl/α,β-unsaturated/α-hetero) is 1. The van der Waals surface area contributed by atoms with Crippen LogP contribution in [0.5, 0.6) is 0 Å². The number of rotatable bonds is 4. The van der Waals surface area contributed by atoms with Crippen LogP contribution in [0.1, 0.15) is 65.5 Å². The number of esters is 3. The molecule has 3 fully saturated rings. The van der Waals surface area contributed by atoms with E-state index in [0.29, 0.717) is 24.0 Å². The van der Waals surface area contributed by atoms with Gasteiger partial charge in [-0.15, -0.1) is 0 Å². The van der Waals surface area contributed by atoms with Crippen LogP contribution in [0.3, 0.4) is 0 Å². The van der Waals surface area contributed by atoms with Crippen LogP contribution < -0.4 is 0 Å². The minimum atomic E-state index is -1.69. The second-order valence-electron chi connectivity index (χ2n) is 12.6. The molecule has 39 heavy (non-hydrogen) atoms. The zero-order chi connectivity index (χ0) is 28.7. The van der Waals surface area contributed by atoms with Crippen LogP contribution in [0.25, 0.3) is 0 Å². The Labute approximate surface area is 226 Å². The molecule has 0 unspecified atom stereocenters. The summed E-state index contributed by atoms with van der Waals surface area (Å²) in [6, 6.07) is 1.71. The molecular weight excluding hydrogens is 508 g/mol. The molecule has 2 bridgehead atoms. The van der Waals surface area contributed by atoms with Gasteiger partial charge in [-0.2, -0.15) is 0 Å². The number of carbonyl (C=O) groups is 4. The Balaban J connectivity index is 1.70. The third kappa shape index (κ3) is 3.60. The number of fused-ring (bicyclic) bond motifs is 6. The molecule has 2 heterocycles. The molecule has 10 heteroatoms. The number of hydrogen-bond donors (Lipinski definition) is 2. The van der Waals surface area contributed by atoms with Gasteiger partial charge in [0.2, 0.25) is 6.10 Å².